The molecule has 0 bridgehead atoms. The molecule has 0 N–H and O–H groups in total. The monoisotopic (exact) mass is 384 g/mol. The smallest absolute Gasteiger partial charge is 0.314 e. The van der Waals surface area contributed by atoms with Crippen molar-refractivity contribution in [1.82, 2.24) is 0 Å². The number of hydrogen-bond donors (Lipinski definition) is 0. The van der Waals surface area contributed by atoms with Gasteiger partial charge in [-0.05, 0) is 51.9 Å². The molecule has 23 heavy (non-hydrogen) atoms. The van der Waals surface area contributed by atoms with Gasteiger partial charge in [0.25, 0.3) is 0 Å². The van der Waals surface area contributed by atoms with E-state index >= 15 is 0 Å². The van der Waals surface area contributed by atoms with Crippen LogP contribution in [0.1, 0.15) is 0 Å². The molecule has 0 radical (unpaired) electrons. The van der Waals surface area contributed by atoms with Gasteiger partial charge in [0.1, 0.15) is 0 Å². The molecule has 0 heterocycles. The van der Waals surface area contributed by atoms with Crippen LogP contribution < -0.4 is 5.19 Å². The van der Waals surface area contributed by atoms with Gasteiger partial charge in [0, 0.05) is 0 Å². The van der Waals surface area contributed by atoms with Crippen molar-refractivity contribution in [3.05, 3.63) is 30.3 Å². The minimum absolute atomic E-state index is 1.12. The molecule has 0 fully saturated rings. The molecule has 0 spiro atoms. The first-order valence-electron chi connectivity index (χ1n) is 8.68. The topological polar surface area (TPSA) is 18.5 Å². The average Bonchev–Trinajstić information content (AvgIpc) is 2.33. The highest BCUT2D eigenvalue weighted by molar-refractivity contribution is 6.92. The van der Waals surface area contributed by atoms with Crippen molar-refractivity contribution in [2.45, 2.75) is 71.0 Å². The van der Waals surface area contributed by atoms with Crippen LogP contribution in [0.15, 0.2) is 30.3 Å². The molecule has 0 aliphatic carbocycles. The summed E-state index contributed by atoms with van der Waals surface area (Å²) in [6.07, 6.45) is 0. The van der Waals surface area contributed by atoms with E-state index < -0.39 is 33.3 Å². The highest BCUT2D eigenvalue weighted by atomic mass is 28.5. The molecule has 0 saturated carbocycles. The Morgan fingerprint density at radius 3 is 1.48 bits per heavy atom. The second kappa shape index (κ2) is 7.49. The first-order chi connectivity index (χ1) is 10.2. The van der Waals surface area contributed by atoms with Crippen LogP contribution in [-0.4, -0.2) is 33.3 Å². The van der Waals surface area contributed by atoms with Crippen LogP contribution >= 0.6 is 0 Å². The quantitative estimate of drug-likeness (QED) is 0.560. The van der Waals surface area contributed by atoms with Crippen LogP contribution in [0.3, 0.4) is 0 Å². The molecule has 0 aliphatic rings. The molecule has 0 atom stereocenters. The molecule has 1 aromatic carbocycles. The van der Waals surface area contributed by atoms with E-state index in [1.165, 1.54) is 11.2 Å². The fourth-order valence-corrected chi connectivity index (χ4v) is 20.4. The van der Waals surface area contributed by atoms with E-state index in [1.54, 1.807) is 0 Å². The zero-order valence-corrected chi connectivity index (χ0v) is 20.6. The normalized spacial score (nSPS) is 14.1. The summed E-state index contributed by atoms with van der Waals surface area (Å²) in [6.45, 7) is 20.9. The van der Waals surface area contributed by atoms with Crippen molar-refractivity contribution in [2.24, 2.45) is 0 Å². The fraction of sp³-hybridized carbons (Fsp3) is 0.647. The number of benzene rings is 1. The molecule has 0 saturated heterocycles. The molecule has 132 valence electrons. The highest BCUT2D eigenvalue weighted by Crippen LogP contribution is 2.28. The summed E-state index contributed by atoms with van der Waals surface area (Å²) < 4.78 is 13.3. The van der Waals surface area contributed by atoms with Gasteiger partial charge in [-0.3, -0.25) is 0 Å². The molecule has 0 amide bonds. The summed E-state index contributed by atoms with van der Waals surface area (Å²) in [5, 5.41) is 1.54. The molecule has 0 aliphatic heterocycles. The minimum Gasteiger partial charge on any atom is -0.437 e. The first-order valence-corrected chi connectivity index (χ1v) is 21.2. The van der Waals surface area contributed by atoms with Gasteiger partial charge in [0.2, 0.25) is 0 Å². The lowest BCUT2D eigenvalue weighted by Crippen LogP contribution is -2.54. The zero-order chi connectivity index (χ0) is 17.9. The lowest BCUT2D eigenvalue weighted by molar-refractivity contribution is 0.386. The number of hydrogen-bond acceptors (Lipinski definition) is 2. The van der Waals surface area contributed by atoms with E-state index in [9.17, 15) is 0 Å². The highest BCUT2D eigenvalue weighted by Gasteiger charge is 2.41. The summed E-state index contributed by atoms with van der Waals surface area (Å²) in [4.78, 5) is 0. The second-order valence-corrected chi connectivity index (χ2v) is 27.0. The minimum atomic E-state index is -2.10. The molecule has 6 heteroatoms. The van der Waals surface area contributed by atoms with Crippen LogP contribution in [0, 0.1) is 0 Å². The van der Waals surface area contributed by atoms with E-state index in [0.717, 1.165) is 6.04 Å². The van der Waals surface area contributed by atoms with Crippen LogP contribution in [-0.2, 0) is 8.23 Å². The molecule has 1 aromatic rings. The molecular weight excluding hydrogens is 349 g/mol. The van der Waals surface area contributed by atoms with Gasteiger partial charge in [0.15, 0.2) is 16.6 Å². The Labute approximate surface area is 148 Å². The second-order valence-electron chi connectivity index (χ2n) is 9.31. The van der Waals surface area contributed by atoms with Crippen molar-refractivity contribution in [3.8, 4) is 0 Å². The van der Waals surface area contributed by atoms with Gasteiger partial charge in [-0.2, -0.15) is 0 Å². The van der Waals surface area contributed by atoms with Crippen LogP contribution in [0.4, 0.5) is 0 Å². The molecule has 0 aromatic heterocycles. The largest absolute Gasteiger partial charge is 0.437 e. The molecular formula is C17H36O2Si4. The fourth-order valence-electron chi connectivity index (χ4n) is 2.99. The lowest BCUT2D eigenvalue weighted by atomic mass is 10.4. The van der Waals surface area contributed by atoms with Gasteiger partial charge in [-0.15, -0.1) is 0 Å². The summed E-state index contributed by atoms with van der Waals surface area (Å²) in [7, 11) is -6.73. The van der Waals surface area contributed by atoms with Gasteiger partial charge >= 0.3 is 8.56 Å². The lowest BCUT2D eigenvalue weighted by Gasteiger charge is -2.40. The van der Waals surface area contributed by atoms with Crippen molar-refractivity contribution < 1.29 is 8.23 Å². The van der Waals surface area contributed by atoms with E-state index in [2.05, 4.69) is 89.3 Å². The molecule has 0 unspecified atom stereocenters. The van der Waals surface area contributed by atoms with Gasteiger partial charge in [-0.25, -0.2) is 0 Å². The standard InChI is InChI=1S/C17H36O2Si4/c1-20(2,3)18-23(9,19-21(4,5)6)16-15-22(7,8)17-13-11-10-12-14-17/h10-14H,15-16H2,1-9H3. The van der Waals surface area contributed by atoms with Crippen molar-refractivity contribution >= 4 is 38.5 Å². The maximum absolute atomic E-state index is 6.65. The average molecular weight is 385 g/mol. The zero-order valence-electron chi connectivity index (χ0n) is 16.6. The Balaban J connectivity index is 2.89. The first kappa shape index (κ1) is 21.1. The predicted molar refractivity (Wildman–Crippen MR) is 114 cm³/mol. The van der Waals surface area contributed by atoms with Crippen LogP contribution in [0.2, 0.25) is 71.0 Å². The molecule has 2 nitrogen and oxygen atoms in total. The van der Waals surface area contributed by atoms with Gasteiger partial charge < -0.3 is 8.23 Å². The van der Waals surface area contributed by atoms with E-state index in [0.29, 0.717) is 0 Å². The van der Waals surface area contributed by atoms with E-state index in [1.807, 2.05) is 0 Å². The summed E-state index contributed by atoms with van der Waals surface area (Å²) >= 11 is 0. The van der Waals surface area contributed by atoms with Gasteiger partial charge in [0.05, 0.1) is 8.07 Å². The number of rotatable bonds is 8. The molecule has 1 rings (SSSR count). The maximum Gasteiger partial charge on any atom is 0.314 e. The van der Waals surface area contributed by atoms with Crippen molar-refractivity contribution in [2.75, 3.05) is 0 Å². The van der Waals surface area contributed by atoms with Gasteiger partial charge in [-0.1, -0.05) is 54.7 Å². The summed E-state index contributed by atoms with van der Waals surface area (Å²) in [5.74, 6) is 0. The summed E-state index contributed by atoms with van der Waals surface area (Å²) in [5.41, 5.74) is 0. The van der Waals surface area contributed by atoms with E-state index in [-0.39, 0.29) is 0 Å². The van der Waals surface area contributed by atoms with Crippen LogP contribution in [0.25, 0.3) is 0 Å². The predicted octanol–water partition coefficient (Wildman–Crippen LogP) is 5.38. The van der Waals surface area contributed by atoms with Crippen molar-refractivity contribution in [1.29, 1.82) is 0 Å². The third kappa shape index (κ3) is 8.09. The SMILES string of the molecule is C[Si](C)(C)O[Si](C)(CC[Si](C)(C)c1ccccc1)O[Si](C)(C)C. The third-order valence-corrected chi connectivity index (χ3v) is 17.2. The Morgan fingerprint density at radius 1 is 0.652 bits per heavy atom. The Bertz CT molecular complexity index is 474. The Kier molecular flexibility index (Phi) is 6.86. The third-order valence-electron chi connectivity index (χ3n) is 3.80. The Morgan fingerprint density at radius 2 is 1.09 bits per heavy atom. The Hall–Kier alpha value is 0.00753. The maximum atomic E-state index is 6.65. The van der Waals surface area contributed by atoms with Crippen molar-refractivity contribution in [3.63, 3.8) is 0 Å². The van der Waals surface area contributed by atoms with E-state index in [4.69, 9.17) is 8.23 Å². The summed E-state index contributed by atoms with van der Waals surface area (Å²) in [6, 6.07) is 13.4. The van der Waals surface area contributed by atoms with Crippen LogP contribution in [0.5, 0.6) is 0 Å².